The number of fused-ring (bicyclic) bond motifs is 2. The first-order valence-corrected chi connectivity index (χ1v) is 11.4. The molecule has 0 spiro atoms. The second-order valence-electron chi connectivity index (χ2n) is 8.76. The Kier molecular flexibility index (Phi) is 6.84. The lowest BCUT2D eigenvalue weighted by Crippen LogP contribution is -2.44. The highest BCUT2D eigenvalue weighted by Crippen LogP contribution is 2.45. The van der Waals surface area contributed by atoms with E-state index in [1.54, 1.807) is 12.1 Å². The van der Waals surface area contributed by atoms with Gasteiger partial charge in [-0.25, -0.2) is 4.39 Å². The van der Waals surface area contributed by atoms with Crippen LogP contribution in [0, 0.1) is 23.4 Å². The van der Waals surface area contributed by atoms with Crippen molar-refractivity contribution in [1.82, 2.24) is 0 Å². The van der Waals surface area contributed by atoms with Crippen molar-refractivity contribution in [2.45, 2.75) is 71.0 Å². The van der Waals surface area contributed by atoms with Gasteiger partial charge in [-0.2, -0.15) is 17.6 Å². The van der Waals surface area contributed by atoms with Gasteiger partial charge in [0.05, 0.1) is 6.61 Å². The number of halogens is 5. The summed E-state index contributed by atoms with van der Waals surface area (Å²) in [4.78, 5) is 0. The van der Waals surface area contributed by atoms with Gasteiger partial charge in [-0.15, -0.1) is 0 Å². The molecule has 0 amide bonds. The van der Waals surface area contributed by atoms with Crippen molar-refractivity contribution in [2.24, 2.45) is 5.92 Å². The van der Waals surface area contributed by atoms with E-state index >= 15 is 0 Å². The molecule has 180 valence electrons. The van der Waals surface area contributed by atoms with Gasteiger partial charge in [-0.3, -0.25) is 0 Å². The SMILES string of the molecule is CCCc1ccc2c(c1F)Oc1c(cc(OC(F)(F)C3CCC(CCC)CO3)c(F)c1F)C2. The van der Waals surface area contributed by atoms with Gasteiger partial charge in [0.2, 0.25) is 11.6 Å². The molecular weight excluding hydrogens is 443 g/mol. The Morgan fingerprint density at radius 1 is 0.970 bits per heavy atom. The fourth-order valence-corrected chi connectivity index (χ4v) is 4.53. The van der Waals surface area contributed by atoms with Gasteiger partial charge in [-0.1, -0.05) is 38.8 Å². The lowest BCUT2D eigenvalue weighted by molar-refractivity contribution is -0.265. The number of benzene rings is 2. The molecule has 0 bridgehead atoms. The summed E-state index contributed by atoms with van der Waals surface area (Å²) in [6.07, 6.45) is -1.81. The molecule has 2 aliphatic rings. The fraction of sp³-hybridized carbons (Fsp3) is 0.520. The van der Waals surface area contributed by atoms with Crippen molar-refractivity contribution in [1.29, 1.82) is 0 Å². The normalized spacial score (nSPS) is 20.1. The molecule has 0 saturated carbocycles. The van der Waals surface area contributed by atoms with Crippen LogP contribution in [0.1, 0.15) is 62.6 Å². The van der Waals surface area contributed by atoms with Gasteiger partial charge < -0.3 is 14.2 Å². The summed E-state index contributed by atoms with van der Waals surface area (Å²) < 4.78 is 89.1. The Morgan fingerprint density at radius 3 is 2.39 bits per heavy atom. The summed E-state index contributed by atoms with van der Waals surface area (Å²) in [5.41, 5.74) is 0.928. The minimum Gasteiger partial charge on any atom is -0.450 e. The summed E-state index contributed by atoms with van der Waals surface area (Å²) in [7, 11) is 0. The summed E-state index contributed by atoms with van der Waals surface area (Å²) in [5.74, 6) is -5.12. The van der Waals surface area contributed by atoms with Crippen molar-refractivity contribution < 1.29 is 36.2 Å². The monoisotopic (exact) mass is 470 g/mol. The van der Waals surface area contributed by atoms with E-state index in [1.165, 1.54) is 0 Å². The van der Waals surface area contributed by atoms with Crippen molar-refractivity contribution in [2.75, 3.05) is 6.61 Å². The van der Waals surface area contributed by atoms with E-state index < -0.39 is 41.2 Å². The molecule has 2 aliphatic heterocycles. The van der Waals surface area contributed by atoms with Crippen LogP contribution >= 0.6 is 0 Å². The summed E-state index contributed by atoms with van der Waals surface area (Å²) in [6, 6.07) is 4.25. The van der Waals surface area contributed by atoms with Gasteiger partial charge in [0.1, 0.15) is 0 Å². The predicted octanol–water partition coefficient (Wildman–Crippen LogP) is 7.32. The van der Waals surface area contributed by atoms with Crippen LogP contribution in [0.25, 0.3) is 0 Å². The Bertz CT molecular complexity index is 1020. The Hall–Kier alpha value is -2.35. The van der Waals surface area contributed by atoms with Crippen LogP contribution in [0.2, 0.25) is 0 Å². The van der Waals surface area contributed by atoms with Crippen LogP contribution in [-0.4, -0.2) is 18.8 Å². The van der Waals surface area contributed by atoms with Crippen LogP contribution in [0.5, 0.6) is 17.2 Å². The molecule has 2 unspecified atom stereocenters. The number of hydrogen-bond donors (Lipinski definition) is 0. The molecule has 2 atom stereocenters. The van der Waals surface area contributed by atoms with E-state index in [0.29, 0.717) is 30.4 Å². The molecule has 8 heteroatoms. The third-order valence-corrected chi connectivity index (χ3v) is 6.26. The molecule has 2 heterocycles. The van der Waals surface area contributed by atoms with Gasteiger partial charge >= 0.3 is 6.11 Å². The van der Waals surface area contributed by atoms with Crippen molar-refractivity contribution in [3.63, 3.8) is 0 Å². The average molecular weight is 470 g/mol. The minimum absolute atomic E-state index is 0.00819. The number of hydrogen-bond acceptors (Lipinski definition) is 3. The average Bonchev–Trinajstić information content (AvgIpc) is 2.79. The maximum absolute atomic E-state index is 14.8. The molecule has 0 N–H and O–H groups in total. The smallest absolute Gasteiger partial charge is 0.424 e. The topological polar surface area (TPSA) is 27.7 Å². The van der Waals surface area contributed by atoms with E-state index in [-0.39, 0.29) is 36.7 Å². The zero-order valence-electron chi connectivity index (χ0n) is 18.7. The van der Waals surface area contributed by atoms with Gasteiger partial charge in [-0.05, 0) is 43.2 Å². The number of alkyl halides is 2. The van der Waals surface area contributed by atoms with E-state index in [2.05, 4.69) is 4.74 Å². The van der Waals surface area contributed by atoms with Crippen molar-refractivity contribution in [3.05, 3.63) is 52.3 Å². The van der Waals surface area contributed by atoms with Crippen LogP contribution in [0.3, 0.4) is 0 Å². The summed E-state index contributed by atoms with van der Waals surface area (Å²) >= 11 is 0. The largest absolute Gasteiger partial charge is 0.450 e. The van der Waals surface area contributed by atoms with E-state index in [1.807, 2.05) is 13.8 Å². The highest BCUT2D eigenvalue weighted by atomic mass is 19.3. The summed E-state index contributed by atoms with van der Waals surface area (Å²) in [5, 5.41) is 0. The lowest BCUT2D eigenvalue weighted by atomic mass is 9.94. The number of aryl methyl sites for hydroxylation is 1. The molecule has 33 heavy (non-hydrogen) atoms. The third-order valence-electron chi connectivity index (χ3n) is 6.26. The first kappa shape index (κ1) is 23.8. The highest BCUT2D eigenvalue weighted by Gasteiger charge is 2.46. The molecule has 1 saturated heterocycles. The first-order chi connectivity index (χ1) is 15.7. The molecule has 2 aromatic rings. The van der Waals surface area contributed by atoms with Gasteiger partial charge in [0.25, 0.3) is 0 Å². The predicted molar refractivity (Wildman–Crippen MR) is 113 cm³/mol. The standard InChI is InChI=1S/C25H27F5O3/c1-3-5-14-7-10-19(31-13-14)25(29,30)33-18-12-17-11-16-9-8-15(6-4-2)20(26)23(16)32-24(17)22(28)21(18)27/h8-9,12,14,19H,3-7,10-11,13H2,1-2H3. The van der Waals surface area contributed by atoms with Gasteiger partial charge in [0, 0.05) is 17.5 Å². The number of ether oxygens (including phenoxy) is 3. The molecule has 1 fully saturated rings. The van der Waals surface area contributed by atoms with E-state index in [0.717, 1.165) is 18.9 Å². The van der Waals surface area contributed by atoms with Gasteiger partial charge in [0.15, 0.2) is 29.2 Å². The maximum atomic E-state index is 14.8. The quantitative estimate of drug-likeness (QED) is 0.339. The summed E-state index contributed by atoms with van der Waals surface area (Å²) in [6.45, 7) is 4.08. The molecule has 4 rings (SSSR count). The Labute approximate surface area is 189 Å². The Morgan fingerprint density at radius 2 is 1.73 bits per heavy atom. The van der Waals surface area contributed by atoms with Crippen LogP contribution in [0.4, 0.5) is 22.0 Å². The molecule has 0 radical (unpaired) electrons. The maximum Gasteiger partial charge on any atom is 0.424 e. The number of rotatable bonds is 7. The van der Waals surface area contributed by atoms with Crippen LogP contribution in [0.15, 0.2) is 18.2 Å². The minimum atomic E-state index is -3.84. The third kappa shape index (κ3) is 4.67. The first-order valence-electron chi connectivity index (χ1n) is 11.4. The lowest BCUT2D eigenvalue weighted by Gasteiger charge is -2.33. The second-order valence-corrected chi connectivity index (χ2v) is 8.76. The molecule has 3 nitrogen and oxygen atoms in total. The zero-order chi connectivity index (χ0) is 23.8. The van der Waals surface area contributed by atoms with Crippen LogP contribution in [-0.2, 0) is 17.6 Å². The van der Waals surface area contributed by atoms with E-state index in [9.17, 15) is 22.0 Å². The molecule has 2 aromatic carbocycles. The molecular formula is C25H27F5O3. The molecule has 0 aliphatic carbocycles. The second kappa shape index (κ2) is 9.49. The highest BCUT2D eigenvalue weighted by molar-refractivity contribution is 5.54. The van der Waals surface area contributed by atoms with Crippen molar-refractivity contribution >= 4 is 0 Å². The molecule has 0 aromatic heterocycles. The fourth-order valence-electron chi connectivity index (χ4n) is 4.53. The zero-order valence-corrected chi connectivity index (χ0v) is 18.7. The van der Waals surface area contributed by atoms with Crippen LogP contribution < -0.4 is 9.47 Å². The van der Waals surface area contributed by atoms with Crippen molar-refractivity contribution in [3.8, 4) is 17.2 Å². The van der Waals surface area contributed by atoms with E-state index in [4.69, 9.17) is 9.47 Å². The Balaban J connectivity index is 1.57.